The normalized spacial score (nSPS) is 19.1. The quantitative estimate of drug-likeness (QED) is 0.548. The maximum absolute atomic E-state index is 11.9. The van der Waals surface area contributed by atoms with E-state index in [0.29, 0.717) is 19.6 Å². The Kier molecular flexibility index (Phi) is 6.27. The summed E-state index contributed by atoms with van der Waals surface area (Å²) >= 11 is 0. The van der Waals surface area contributed by atoms with Crippen LogP contribution in [0.3, 0.4) is 0 Å². The topological polar surface area (TPSA) is 96.7 Å². The van der Waals surface area contributed by atoms with Crippen LogP contribution in [0, 0.1) is 0 Å². The number of aromatic nitrogens is 3. The van der Waals surface area contributed by atoms with Crippen LogP contribution in [0.4, 0.5) is 5.69 Å². The molecule has 0 bridgehead atoms. The molecule has 1 amide bonds. The first kappa shape index (κ1) is 20.3. The lowest BCUT2D eigenvalue weighted by Crippen LogP contribution is -2.46. The van der Waals surface area contributed by atoms with E-state index < -0.39 is 0 Å². The molecule has 1 aromatic heterocycles. The Morgan fingerprint density at radius 2 is 2.13 bits per heavy atom. The number of ether oxygens (including phenoxy) is 1. The second kappa shape index (κ2) is 9.25. The fraction of sp³-hybridized carbons (Fsp3) is 0.524. The standard InChI is InChI=1S/C21H29N7O2/c1-22-21(24-16-7-10-19-25-18(14-30-2)26-28(19)13-16)23-12-15-5-8-17(9-6-15)27-11-3-4-20(27)29/h5-6,8-9,16H,3-4,7,10-14H2,1-2H3,(H2,22,23,24). The van der Waals surface area contributed by atoms with Gasteiger partial charge in [-0.15, -0.1) is 0 Å². The molecule has 4 rings (SSSR count). The molecule has 9 nitrogen and oxygen atoms in total. The smallest absolute Gasteiger partial charge is 0.227 e. The van der Waals surface area contributed by atoms with Gasteiger partial charge in [0.2, 0.25) is 5.91 Å². The number of rotatable bonds is 6. The van der Waals surface area contributed by atoms with Crippen LogP contribution in [-0.2, 0) is 35.6 Å². The lowest BCUT2D eigenvalue weighted by atomic mass is 10.1. The van der Waals surface area contributed by atoms with Crippen molar-refractivity contribution in [1.82, 2.24) is 25.4 Å². The molecule has 1 fully saturated rings. The minimum atomic E-state index is 0.211. The molecular formula is C21H29N7O2. The Morgan fingerprint density at radius 1 is 1.30 bits per heavy atom. The Labute approximate surface area is 176 Å². The van der Waals surface area contributed by atoms with Crippen molar-refractivity contribution in [2.45, 2.75) is 51.4 Å². The zero-order valence-corrected chi connectivity index (χ0v) is 17.6. The number of hydrogen-bond donors (Lipinski definition) is 2. The Morgan fingerprint density at radius 3 is 2.83 bits per heavy atom. The molecule has 2 aromatic rings. The Bertz CT molecular complexity index is 907. The predicted octanol–water partition coefficient (Wildman–Crippen LogP) is 1.23. The van der Waals surface area contributed by atoms with E-state index in [1.807, 2.05) is 21.7 Å². The van der Waals surface area contributed by atoms with E-state index in [1.165, 1.54) is 0 Å². The number of carbonyl (C=O) groups is 1. The Hall–Kier alpha value is -2.94. The lowest BCUT2D eigenvalue weighted by Gasteiger charge is -2.25. The number of nitrogens with zero attached hydrogens (tertiary/aromatic N) is 5. The highest BCUT2D eigenvalue weighted by Gasteiger charge is 2.23. The van der Waals surface area contributed by atoms with Gasteiger partial charge in [0.05, 0.1) is 6.54 Å². The highest BCUT2D eigenvalue weighted by atomic mass is 16.5. The van der Waals surface area contributed by atoms with E-state index in [9.17, 15) is 4.79 Å². The molecular weight excluding hydrogens is 382 g/mol. The first-order chi connectivity index (χ1) is 14.7. The second-order valence-electron chi connectivity index (χ2n) is 7.68. The van der Waals surface area contributed by atoms with Crippen LogP contribution in [0.1, 0.15) is 36.5 Å². The van der Waals surface area contributed by atoms with Crippen LogP contribution in [0.2, 0.25) is 0 Å². The largest absolute Gasteiger partial charge is 0.377 e. The van der Waals surface area contributed by atoms with E-state index >= 15 is 0 Å². The van der Waals surface area contributed by atoms with Gasteiger partial charge in [-0.1, -0.05) is 12.1 Å². The first-order valence-corrected chi connectivity index (χ1v) is 10.4. The first-order valence-electron chi connectivity index (χ1n) is 10.4. The van der Waals surface area contributed by atoms with Crippen molar-refractivity contribution in [3.63, 3.8) is 0 Å². The van der Waals surface area contributed by atoms with Gasteiger partial charge in [-0.3, -0.25) is 9.79 Å². The number of guanidine groups is 1. The molecule has 1 atom stereocenters. The average molecular weight is 412 g/mol. The van der Waals surface area contributed by atoms with Crippen molar-refractivity contribution in [2.24, 2.45) is 4.99 Å². The molecule has 2 aliphatic heterocycles. The molecule has 0 radical (unpaired) electrons. The van der Waals surface area contributed by atoms with Crippen molar-refractivity contribution in [3.8, 4) is 0 Å². The third kappa shape index (κ3) is 4.62. The number of benzene rings is 1. The summed E-state index contributed by atoms with van der Waals surface area (Å²) in [7, 11) is 3.43. The molecule has 0 saturated carbocycles. The van der Waals surface area contributed by atoms with Crippen molar-refractivity contribution in [1.29, 1.82) is 0 Å². The van der Waals surface area contributed by atoms with Crippen LogP contribution in [0.15, 0.2) is 29.3 Å². The molecule has 2 aliphatic rings. The SMILES string of the molecule is CN=C(NCc1ccc(N2CCCC2=O)cc1)NC1CCc2nc(COC)nn2C1. The second-order valence-corrected chi connectivity index (χ2v) is 7.68. The van der Waals surface area contributed by atoms with Gasteiger partial charge in [-0.05, 0) is 30.5 Å². The number of anilines is 1. The molecule has 1 unspecified atom stereocenters. The zero-order chi connectivity index (χ0) is 20.9. The fourth-order valence-electron chi connectivity index (χ4n) is 3.96. The number of fused-ring (bicyclic) bond motifs is 1. The molecule has 30 heavy (non-hydrogen) atoms. The van der Waals surface area contributed by atoms with E-state index in [1.54, 1.807) is 14.2 Å². The van der Waals surface area contributed by atoms with Crippen molar-refractivity contribution < 1.29 is 9.53 Å². The summed E-state index contributed by atoms with van der Waals surface area (Å²) < 4.78 is 7.09. The monoisotopic (exact) mass is 411 g/mol. The molecule has 1 saturated heterocycles. The molecule has 0 spiro atoms. The van der Waals surface area contributed by atoms with Crippen molar-refractivity contribution in [3.05, 3.63) is 41.5 Å². The number of methoxy groups -OCH3 is 1. The summed E-state index contributed by atoms with van der Waals surface area (Å²) in [5.41, 5.74) is 2.11. The molecule has 3 heterocycles. The zero-order valence-electron chi connectivity index (χ0n) is 17.6. The summed E-state index contributed by atoms with van der Waals surface area (Å²) in [6, 6.07) is 8.38. The molecule has 0 aliphatic carbocycles. The van der Waals surface area contributed by atoms with Gasteiger partial charge >= 0.3 is 0 Å². The summed E-state index contributed by atoms with van der Waals surface area (Å²) in [5.74, 6) is 2.72. The summed E-state index contributed by atoms with van der Waals surface area (Å²) in [6.45, 7) is 2.67. The summed E-state index contributed by atoms with van der Waals surface area (Å²) in [6.07, 6.45) is 3.44. The average Bonchev–Trinajstić information content (AvgIpc) is 3.37. The fourth-order valence-corrected chi connectivity index (χ4v) is 3.96. The van der Waals surface area contributed by atoms with Gasteiger partial charge in [0.25, 0.3) is 0 Å². The maximum Gasteiger partial charge on any atom is 0.227 e. The van der Waals surface area contributed by atoms with E-state index in [0.717, 1.165) is 61.2 Å². The van der Waals surface area contributed by atoms with E-state index in [2.05, 4.69) is 37.8 Å². The van der Waals surface area contributed by atoms with Gasteiger partial charge in [-0.25, -0.2) is 9.67 Å². The van der Waals surface area contributed by atoms with E-state index in [-0.39, 0.29) is 11.9 Å². The number of amides is 1. The van der Waals surface area contributed by atoms with Crippen LogP contribution < -0.4 is 15.5 Å². The van der Waals surface area contributed by atoms with Gasteiger partial charge in [0.15, 0.2) is 11.8 Å². The minimum absolute atomic E-state index is 0.211. The highest BCUT2D eigenvalue weighted by molar-refractivity contribution is 5.95. The third-order valence-corrected chi connectivity index (χ3v) is 5.52. The molecule has 2 N–H and O–H groups in total. The van der Waals surface area contributed by atoms with Crippen LogP contribution in [-0.4, -0.2) is 53.4 Å². The maximum atomic E-state index is 11.9. The summed E-state index contributed by atoms with van der Waals surface area (Å²) in [5, 5.41) is 11.4. The van der Waals surface area contributed by atoms with E-state index in [4.69, 9.17) is 4.74 Å². The van der Waals surface area contributed by atoms with Gasteiger partial charge in [0.1, 0.15) is 12.4 Å². The van der Waals surface area contributed by atoms with Gasteiger partial charge in [-0.2, -0.15) is 5.10 Å². The van der Waals surface area contributed by atoms with Crippen molar-refractivity contribution >= 4 is 17.6 Å². The number of carbonyl (C=O) groups excluding carboxylic acids is 1. The third-order valence-electron chi connectivity index (χ3n) is 5.52. The summed E-state index contributed by atoms with van der Waals surface area (Å²) in [4.78, 5) is 22.6. The van der Waals surface area contributed by atoms with Crippen LogP contribution in [0.25, 0.3) is 0 Å². The predicted molar refractivity (Wildman–Crippen MR) is 114 cm³/mol. The number of aryl methyl sites for hydroxylation is 1. The lowest BCUT2D eigenvalue weighted by molar-refractivity contribution is -0.117. The van der Waals surface area contributed by atoms with Gasteiger partial charge in [0, 0.05) is 51.8 Å². The Balaban J connectivity index is 1.29. The highest BCUT2D eigenvalue weighted by Crippen LogP contribution is 2.21. The van der Waals surface area contributed by atoms with Crippen molar-refractivity contribution in [2.75, 3.05) is 25.6 Å². The number of nitrogens with one attached hydrogen (secondary N) is 2. The van der Waals surface area contributed by atoms with Crippen LogP contribution >= 0.6 is 0 Å². The number of hydrogen-bond acceptors (Lipinski definition) is 5. The van der Waals surface area contributed by atoms with Gasteiger partial charge < -0.3 is 20.3 Å². The molecule has 1 aromatic carbocycles. The molecule has 9 heteroatoms. The molecule has 160 valence electrons. The minimum Gasteiger partial charge on any atom is -0.377 e. The van der Waals surface area contributed by atoms with Crippen LogP contribution in [0.5, 0.6) is 0 Å². The number of aliphatic imine (C=N–C) groups is 1.